The van der Waals surface area contributed by atoms with Gasteiger partial charge in [-0.3, -0.25) is 0 Å². The minimum atomic E-state index is 0.274. The third-order valence-corrected chi connectivity index (χ3v) is 2.52. The Hall–Kier alpha value is -2.50. The van der Waals surface area contributed by atoms with E-state index in [4.69, 9.17) is 9.47 Å². The van der Waals surface area contributed by atoms with Crippen molar-refractivity contribution in [3.8, 4) is 11.5 Å². The summed E-state index contributed by atoms with van der Waals surface area (Å²) in [5.41, 5.74) is 0.889. The van der Waals surface area contributed by atoms with Crippen LogP contribution in [0.2, 0.25) is 0 Å². The number of hydrogen-bond acceptors (Lipinski definition) is 6. The summed E-state index contributed by atoms with van der Waals surface area (Å²) in [5, 5.41) is 6.07. The van der Waals surface area contributed by atoms with Gasteiger partial charge in [0.2, 0.25) is 12.7 Å². The molecule has 1 aromatic heterocycles. The maximum absolute atomic E-state index is 5.31. The lowest BCUT2D eigenvalue weighted by atomic mass is 10.3. The van der Waals surface area contributed by atoms with Crippen molar-refractivity contribution in [2.75, 3.05) is 24.5 Å². The van der Waals surface area contributed by atoms with Gasteiger partial charge in [0.25, 0.3) is 0 Å². The van der Waals surface area contributed by atoms with Gasteiger partial charge in [0.1, 0.15) is 5.82 Å². The molecule has 18 heavy (non-hydrogen) atoms. The third kappa shape index (κ3) is 2.00. The Kier molecular flexibility index (Phi) is 2.60. The molecule has 2 heterocycles. The van der Waals surface area contributed by atoms with Crippen LogP contribution in [0.15, 0.2) is 30.5 Å². The summed E-state index contributed by atoms with van der Waals surface area (Å²) in [6.07, 6.45) is 1.69. The number of nitrogens with one attached hydrogen (secondary N) is 2. The molecule has 1 aliphatic heterocycles. The van der Waals surface area contributed by atoms with Crippen molar-refractivity contribution in [2.24, 2.45) is 0 Å². The maximum Gasteiger partial charge on any atom is 0.231 e. The van der Waals surface area contributed by atoms with Crippen molar-refractivity contribution in [1.82, 2.24) is 9.97 Å². The number of nitrogens with zero attached hydrogens (tertiary/aromatic N) is 2. The number of hydrogen-bond donors (Lipinski definition) is 2. The van der Waals surface area contributed by atoms with Crippen LogP contribution >= 0.6 is 0 Å². The molecular weight excluding hydrogens is 232 g/mol. The Morgan fingerprint density at radius 3 is 2.94 bits per heavy atom. The number of ether oxygens (including phenoxy) is 2. The molecule has 0 aliphatic carbocycles. The van der Waals surface area contributed by atoms with Crippen LogP contribution in [0.1, 0.15) is 0 Å². The van der Waals surface area contributed by atoms with E-state index in [1.807, 2.05) is 18.2 Å². The van der Waals surface area contributed by atoms with Crippen LogP contribution < -0.4 is 20.1 Å². The first-order valence-electron chi connectivity index (χ1n) is 5.52. The average molecular weight is 244 g/mol. The second-order valence-electron chi connectivity index (χ2n) is 3.71. The molecule has 2 N–H and O–H groups in total. The summed E-state index contributed by atoms with van der Waals surface area (Å²) in [7, 11) is 1.78. The fourth-order valence-corrected chi connectivity index (χ4v) is 1.67. The molecule has 0 fully saturated rings. The van der Waals surface area contributed by atoms with Crippen LogP contribution in [-0.2, 0) is 0 Å². The van der Waals surface area contributed by atoms with Gasteiger partial charge in [-0.25, -0.2) is 4.98 Å². The molecule has 0 saturated heterocycles. The minimum Gasteiger partial charge on any atom is -0.454 e. The number of aromatic nitrogens is 2. The van der Waals surface area contributed by atoms with Crippen molar-refractivity contribution in [3.63, 3.8) is 0 Å². The van der Waals surface area contributed by atoms with Gasteiger partial charge >= 0.3 is 0 Å². The molecule has 0 atom stereocenters. The summed E-state index contributed by atoms with van der Waals surface area (Å²) in [4.78, 5) is 8.33. The lowest BCUT2D eigenvalue weighted by Crippen LogP contribution is -1.99. The fraction of sp³-hybridized carbons (Fsp3) is 0.167. The van der Waals surface area contributed by atoms with Crippen LogP contribution in [-0.4, -0.2) is 23.8 Å². The molecule has 0 radical (unpaired) electrons. The standard InChI is InChI=1S/C12H12N4O2/c1-13-12-14-5-4-11(16-12)15-8-2-3-9-10(6-8)18-7-17-9/h2-6H,7H2,1H3,(H2,13,14,15,16). The largest absolute Gasteiger partial charge is 0.454 e. The van der Waals surface area contributed by atoms with Gasteiger partial charge in [-0.2, -0.15) is 4.98 Å². The number of benzene rings is 1. The Morgan fingerprint density at radius 1 is 1.17 bits per heavy atom. The van der Waals surface area contributed by atoms with Crippen molar-refractivity contribution in [2.45, 2.75) is 0 Å². The van der Waals surface area contributed by atoms with Crippen molar-refractivity contribution in [3.05, 3.63) is 30.5 Å². The lowest BCUT2D eigenvalue weighted by molar-refractivity contribution is 0.174. The van der Waals surface area contributed by atoms with Crippen molar-refractivity contribution >= 4 is 17.5 Å². The highest BCUT2D eigenvalue weighted by molar-refractivity contribution is 5.62. The van der Waals surface area contributed by atoms with E-state index in [2.05, 4.69) is 20.6 Å². The molecule has 6 nitrogen and oxygen atoms in total. The summed E-state index contributed by atoms with van der Waals surface area (Å²) >= 11 is 0. The van der Waals surface area contributed by atoms with Gasteiger partial charge in [0.05, 0.1) is 0 Å². The smallest absolute Gasteiger partial charge is 0.231 e. The van der Waals surface area contributed by atoms with Crippen LogP contribution in [0, 0.1) is 0 Å². The summed E-state index contributed by atoms with van der Waals surface area (Å²) in [6.45, 7) is 0.274. The van der Waals surface area contributed by atoms with Crippen LogP contribution in [0.4, 0.5) is 17.5 Å². The van der Waals surface area contributed by atoms with E-state index in [-0.39, 0.29) is 6.79 Å². The van der Waals surface area contributed by atoms with Gasteiger partial charge in [-0.05, 0) is 18.2 Å². The third-order valence-electron chi connectivity index (χ3n) is 2.52. The van der Waals surface area contributed by atoms with Crippen LogP contribution in [0.5, 0.6) is 11.5 Å². The molecule has 1 aliphatic rings. The van der Waals surface area contributed by atoms with E-state index in [0.29, 0.717) is 11.8 Å². The molecule has 0 spiro atoms. The highest BCUT2D eigenvalue weighted by atomic mass is 16.7. The normalized spacial score (nSPS) is 12.3. The minimum absolute atomic E-state index is 0.274. The highest BCUT2D eigenvalue weighted by Crippen LogP contribution is 2.34. The van der Waals surface area contributed by atoms with E-state index in [1.165, 1.54) is 0 Å². The molecule has 3 rings (SSSR count). The van der Waals surface area contributed by atoms with E-state index >= 15 is 0 Å². The maximum atomic E-state index is 5.31. The SMILES string of the molecule is CNc1nccc(Nc2ccc3c(c2)OCO3)n1. The van der Waals surface area contributed by atoms with E-state index in [0.717, 1.165) is 17.2 Å². The van der Waals surface area contributed by atoms with Gasteiger partial charge < -0.3 is 20.1 Å². The van der Waals surface area contributed by atoms with Crippen molar-refractivity contribution < 1.29 is 9.47 Å². The molecule has 0 bridgehead atoms. The highest BCUT2D eigenvalue weighted by Gasteiger charge is 2.13. The first-order chi connectivity index (χ1) is 8.85. The fourth-order valence-electron chi connectivity index (χ4n) is 1.67. The zero-order valence-corrected chi connectivity index (χ0v) is 9.80. The zero-order chi connectivity index (χ0) is 12.4. The Morgan fingerprint density at radius 2 is 2.06 bits per heavy atom. The van der Waals surface area contributed by atoms with E-state index in [9.17, 15) is 0 Å². The second-order valence-corrected chi connectivity index (χ2v) is 3.71. The van der Waals surface area contributed by atoms with E-state index < -0.39 is 0 Å². The summed E-state index contributed by atoms with van der Waals surface area (Å²) in [5.74, 6) is 2.79. The average Bonchev–Trinajstić information content (AvgIpc) is 2.86. The molecule has 0 saturated carbocycles. The molecule has 6 heteroatoms. The lowest BCUT2D eigenvalue weighted by Gasteiger charge is -2.07. The second kappa shape index (κ2) is 4.40. The van der Waals surface area contributed by atoms with E-state index in [1.54, 1.807) is 19.3 Å². The number of fused-ring (bicyclic) bond motifs is 1. The molecule has 1 aromatic carbocycles. The Bertz CT molecular complexity index is 574. The predicted molar refractivity (Wildman–Crippen MR) is 67.4 cm³/mol. The molecule has 0 amide bonds. The monoisotopic (exact) mass is 244 g/mol. The van der Waals surface area contributed by atoms with Crippen LogP contribution in [0.3, 0.4) is 0 Å². The molecule has 0 unspecified atom stereocenters. The first-order valence-corrected chi connectivity index (χ1v) is 5.52. The van der Waals surface area contributed by atoms with Gasteiger partial charge in [-0.15, -0.1) is 0 Å². The number of anilines is 3. The van der Waals surface area contributed by atoms with Crippen molar-refractivity contribution in [1.29, 1.82) is 0 Å². The topological polar surface area (TPSA) is 68.3 Å². The molecular formula is C12H12N4O2. The first kappa shape index (κ1) is 10.6. The quantitative estimate of drug-likeness (QED) is 0.860. The van der Waals surface area contributed by atoms with Crippen LogP contribution in [0.25, 0.3) is 0 Å². The molecule has 92 valence electrons. The molecule has 2 aromatic rings. The predicted octanol–water partition coefficient (Wildman–Crippen LogP) is 1.99. The Labute approximate surface area is 104 Å². The number of rotatable bonds is 3. The van der Waals surface area contributed by atoms with Gasteiger partial charge in [0.15, 0.2) is 11.5 Å². The van der Waals surface area contributed by atoms with Gasteiger partial charge in [-0.1, -0.05) is 0 Å². The summed E-state index contributed by atoms with van der Waals surface area (Å²) < 4.78 is 10.6. The Balaban J connectivity index is 1.83. The zero-order valence-electron chi connectivity index (χ0n) is 9.80. The summed E-state index contributed by atoms with van der Waals surface area (Å²) in [6, 6.07) is 7.45. The van der Waals surface area contributed by atoms with Gasteiger partial charge in [0, 0.05) is 25.0 Å².